The molecule has 0 aromatic heterocycles. The highest BCUT2D eigenvalue weighted by Gasteiger charge is 2.33. The molecule has 0 bridgehead atoms. The predicted octanol–water partition coefficient (Wildman–Crippen LogP) is 8.15. The maximum atomic E-state index is 13.7. The van der Waals surface area contributed by atoms with E-state index in [1.807, 2.05) is 48.5 Å². The van der Waals surface area contributed by atoms with Crippen LogP contribution in [0.1, 0.15) is 29.2 Å². The summed E-state index contributed by atoms with van der Waals surface area (Å²) in [4.78, 5) is 33.1. The van der Waals surface area contributed by atoms with Crippen molar-refractivity contribution in [2.75, 3.05) is 32.7 Å². The van der Waals surface area contributed by atoms with Crippen molar-refractivity contribution in [3.63, 3.8) is 0 Å². The summed E-state index contributed by atoms with van der Waals surface area (Å²) < 4.78 is 55.4. The van der Waals surface area contributed by atoms with Gasteiger partial charge in [-0.3, -0.25) is 14.5 Å². The largest absolute Gasteiger partial charge is 0.497 e. The molecule has 1 N–H and O–H groups in total. The number of thioether (sulfide) groups is 1. The Morgan fingerprint density at radius 3 is 2.33 bits per heavy atom. The maximum absolute atomic E-state index is 13.7. The highest BCUT2D eigenvalue weighted by Crippen LogP contribution is 2.36. The quantitative estimate of drug-likeness (QED) is 0.151. The Labute approximate surface area is 286 Å². The van der Waals surface area contributed by atoms with Crippen LogP contribution in [0.25, 0.3) is 6.08 Å². The molecule has 1 aliphatic rings. The van der Waals surface area contributed by atoms with Crippen LogP contribution in [0.15, 0.2) is 101 Å². The first-order chi connectivity index (χ1) is 23.6. The van der Waals surface area contributed by atoms with Gasteiger partial charge < -0.3 is 19.5 Å². The highest BCUT2D eigenvalue weighted by atomic mass is 32.2. The van der Waals surface area contributed by atoms with E-state index < -0.39 is 24.3 Å². The Kier molecular flexibility index (Phi) is 11.3. The molecule has 0 saturated carbocycles. The fourth-order valence-corrected chi connectivity index (χ4v) is 5.92. The van der Waals surface area contributed by atoms with Crippen molar-refractivity contribution in [1.82, 2.24) is 4.90 Å². The van der Waals surface area contributed by atoms with Crippen LogP contribution in [-0.4, -0.2) is 49.3 Å². The number of carbonyl (C=O) groups excluding carboxylic acids is 2. The Morgan fingerprint density at radius 1 is 0.918 bits per heavy atom. The predicted molar refractivity (Wildman–Crippen MR) is 185 cm³/mol. The third-order valence-electron chi connectivity index (χ3n) is 7.56. The van der Waals surface area contributed by atoms with E-state index in [0.717, 1.165) is 35.6 Å². The number of alkyl halides is 3. The van der Waals surface area contributed by atoms with Crippen molar-refractivity contribution in [2.45, 2.75) is 25.9 Å². The highest BCUT2D eigenvalue weighted by molar-refractivity contribution is 8.18. The summed E-state index contributed by atoms with van der Waals surface area (Å²) in [5.74, 6) is 0.468. The van der Waals surface area contributed by atoms with Gasteiger partial charge in [0.1, 0.15) is 5.75 Å². The number of amides is 2. The van der Waals surface area contributed by atoms with Crippen LogP contribution in [0.3, 0.4) is 0 Å². The molecule has 0 aliphatic carbocycles. The van der Waals surface area contributed by atoms with Crippen molar-refractivity contribution in [3.8, 4) is 17.2 Å². The second kappa shape index (κ2) is 15.8. The number of hydrogen-bond acceptors (Lipinski definition) is 7. The van der Waals surface area contributed by atoms with Crippen molar-refractivity contribution in [1.29, 1.82) is 0 Å². The van der Waals surface area contributed by atoms with Crippen LogP contribution in [0.5, 0.6) is 17.2 Å². The minimum atomic E-state index is -4.53. The second-order valence-corrected chi connectivity index (χ2v) is 11.9. The van der Waals surface area contributed by atoms with E-state index in [1.54, 1.807) is 36.3 Å². The zero-order valence-corrected chi connectivity index (χ0v) is 27.9. The zero-order valence-electron chi connectivity index (χ0n) is 27.0. The molecule has 0 atom stereocenters. The molecule has 0 spiro atoms. The lowest BCUT2D eigenvalue weighted by Crippen LogP contribution is -2.31. The Morgan fingerprint density at radius 2 is 1.65 bits per heavy atom. The van der Waals surface area contributed by atoms with E-state index >= 15 is 0 Å². The average Bonchev–Trinajstić information content (AvgIpc) is 3.39. The number of rotatable bonds is 12. The molecule has 12 heteroatoms. The molecule has 2 amide bonds. The molecule has 254 valence electrons. The third-order valence-corrected chi connectivity index (χ3v) is 8.57. The summed E-state index contributed by atoms with van der Waals surface area (Å²) in [5.41, 5.74) is 2.75. The molecule has 0 unspecified atom stereocenters. The molecule has 5 rings (SSSR count). The second-order valence-electron chi connectivity index (χ2n) is 10.9. The number of halogens is 3. The molecular formula is C37H34F3N3O5S. The number of methoxy groups -OCH3 is 2. The standard InChI is InChI=1S/C37H34F3N3O5S/c1-4-24-8-13-28(14-9-24)42-36-43(19-18-25-10-15-30(46-2)16-11-25)35(45)33(49-36)21-26-12-17-31(32(20-26)47-3)48-23-34(44)41-29-7-5-6-27(22-29)37(38,39)40/h5-17,20-22H,4,18-19,23H2,1-3H3,(H,41,44)/b33-21+,42-36?. The van der Waals surface area contributed by atoms with E-state index in [4.69, 9.17) is 19.2 Å². The molecule has 1 aliphatic heterocycles. The average molecular weight is 690 g/mol. The summed E-state index contributed by atoms with van der Waals surface area (Å²) in [6, 6.07) is 24.9. The number of aryl methyl sites for hydroxylation is 1. The van der Waals surface area contributed by atoms with Gasteiger partial charge in [-0.05, 0) is 102 Å². The van der Waals surface area contributed by atoms with Crippen LogP contribution in [-0.2, 0) is 28.6 Å². The Balaban J connectivity index is 1.31. The number of benzene rings is 4. The molecular weight excluding hydrogens is 655 g/mol. The maximum Gasteiger partial charge on any atom is 0.416 e. The number of amidine groups is 1. The lowest BCUT2D eigenvalue weighted by molar-refractivity contribution is -0.137. The van der Waals surface area contributed by atoms with Gasteiger partial charge in [-0.25, -0.2) is 4.99 Å². The first-order valence-electron chi connectivity index (χ1n) is 15.4. The zero-order chi connectivity index (χ0) is 35.0. The minimum Gasteiger partial charge on any atom is -0.497 e. The van der Waals surface area contributed by atoms with Crippen molar-refractivity contribution < 1.29 is 37.0 Å². The molecule has 4 aromatic rings. The fourth-order valence-electron chi connectivity index (χ4n) is 4.90. The fraction of sp³-hybridized carbons (Fsp3) is 0.216. The van der Waals surface area contributed by atoms with Crippen LogP contribution >= 0.6 is 11.8 Å². The van der Waals surface area contributed by atoms with E-state index in [-0.39, 0.29) is 17.3 Å². The van der Waals surface area contributed by atoms with Crippen LogP contribution in [0, 0.1) is 0 Å². The van der Waals surface area contributed by atoms with Crippen LogP contribution in [0.2, 0.25) is 0 Å². The van der Waals surface area contributed by atoms with Gasteiger partial charge in [0.25, 0.3) is 11.8 Å². The van der Waals surface area contributed by atoms with E-state index in [9.17, 15) is 22.8 Å². The Hall–Kier alpha value is -5.23. The number of anilines is 1. The molecule has 4 aromatic carbocycles. The molecule has 1 heterocycles. The van der Waals surface area contributed by atoms with Crippen molar-refractivity contribution in [2.24, 2.45) is 4.99 Å². The van der Waals surface area contributed by atoms with Crippen LogP contribution < -0.4 is 19.5 Å². The monoisotopic (exact) mass is 689 g/mol. The van der Waals surface area contributed by atoms with Crippen molar-refractivity contribution in [3.05, 3.63) is 118 Å². The van der Waals surface area contributed by atoms with E-state index in [0.29, 0.717) is 34.4 Å². The van der Waals surface area contributed by atoms with Gasteiger partial charge in [0.05, 0.1) is 30.4 Å². The summed E-state index contributed by atoms with van der Waals surface area (Å²) in [6.45, 7) is 2.03. The number of aliphatic imine (C=N–C) groups is 1. The Bertz CT molecular complexity index is 1860. The first kappa shape index (κ1) is 35.1. The molecule has 49 heavy (non-hydrogen) atoms. The first-order valence-corrected chi connectivity index (χ1v) is 16.2. The summed E-state index contributed by atoms with van der Waals surface area (Å²) in [7, 11) is 3.05. The summed E-state index contributed by atoms with van der Waals surface area (Å²) in [6.07, 6.45) is -1.28. The van der Waals surface area contributed by atoms with Gasteiger partial charge in [0.2, 0.25) is 0 Å². The number of nitrogens with zero attached hydrogens (tertiary/aromatic N) is 2. The number of carbonyl (C=O) groups is 2. The normalized spacial score (nSPS) is 14.7. The summed E-state index contributed by atoms with van der Waals surface area (Å²) >= 11 is 1.27. The van der Waals surface area contributed by atoms with Gasteiger partial charge in [-0.15, -0.1) is 0 Å². The minimum absolute atomic E-state index is 0.00461. The van der Waals surface area contributed by atoms with Crippen LogP contribution in [0.4, 0.5) is 24.5 Å². The smallest absolute Gasteiger partial charge is 0.416 e. The van der Waals surface area contributed by atoms with E-state index in [2.05, 4.69) is 12.2 Å². The van der Waals surface area contributed by atoms with Gasteiger partial charge >= 0.3 is 6.18 Å². The third kappa shape index (κ3) is 9.23. The van der Waals surface area contributed by atoms with Gasteiger partial charge in [-0.2, -0.15) is 13.2 Å². The summed E-state index contributed by atoms with van der Waals surface area (Å²) in [5, 5.41) is 2.97. The number of nitrogens with one attached hydrogen (secondary N) is 1. The number of ether oxygens (including phenoxy) is 3. The van der Waals surface area contributed by atoms with Gasteiger partial charge in [-0.1, -0.05) is 43.3 Å². The number of hydrogen-bond donors (Lipinski definition) is 1. The van der Waals surface area contributed by atoms with E-state index in [1.165, 1.54) is 36.6 Å². The molecule has 1 fully saturated rings. The van der Waals surface area contributed by atoms with Gasteiger partial charge in [0.15, 0.2) is 23.3 Å². The lowest BCUT2D eigenvalue weighted by Gasteiger charge is -2.16. The molecule has 0 radical (unpaired) electrons. The lowest BCUT2D eigenvalue weighted by atomic mass is 10.1. The van der Waals surface area contributed by atoms with Gasteiger partial charge in [0, 0.05) is 12.2 Å². The molecule has 1 saturated heterocycles. The molecule has 8 nitrogen and oxygen atoms in total. The van der Waals surface area contributed by atoms with Crippen molar-refractivity contribution >= 4 is 46.2 Å². The topological polar surface area (TPSA) is 89.5 Å². The SMILES string of the molecule is CCc1ccc(N=C2S/C(=C/c3ccc(OCC(=O)Nc4cccc(C(F)(F)F)c4)c(OC)c3)C(=O)N2CCc2ccc(OC)cc2)cc1.